The second kappa shape index (κ2) is 184. The Labute approximate surface area is 193 Å². The fourth-order valence-corrected chi connectivity index (χ4v) is 0. The second-order valence-electron chi connectivity index (χ2n) is 0. The Kier molecular flexibility index (Phi) is 3110. The summed E-state index contributed by atoms with van der Waals surface area (Å²) < 4.78 is 0. The first-order valence-corrected chi connectivity index (χ1v) is 0. The maximum Gasteiger partial charge on any atom is 3.00 e. The Balaban J connectivity index is 0. The molecule has 0 aliphatic heterocycles. The largest absolute Gasteiger partial charge is 3.00 e. The number of hydrogen-bond donors (Lipinski definition) is 0. The zero-order valence-corrected chi connectivity index (χ0v) is 17.3. The monoisotopic (exact) mass is 510 g/mol. The van der Waals surface area contributed by atoms with Gasteiger partial charge in [0, 0.05) is 0 Å². The van der Waals surface area contributed by atoms with Crippen molar-refractivity contribution in [3.05, 3.63) is 0 Å². The van der Waals surface area contributed by atoms with Crippen LogP contribution in [0, 0.1) is 0 Å². The first-order valence-electron chi connectivity index (χ1n) is 0. The van der Waals surface area contributed by atoms with Crippen molar-refractivity contribution in [2.45, 2.75) is 0 Å². The van der Waals surface area contributed by atoms with E-state index in [2.05, 4.69) is 0 Å². The van der Waals surface area contributed by atoms with Crippen molar-refractivity contribution < 1.29 is 107 Å². The molecule has 13 heavy (non-hydrogen) atoms. The van der Waals surface area contributed by atoms with Crippen LogP contribution in [0.3, 0.4) is 0 Å². The van der Waals surface area contributed by atoms with Gasteiger partial charge >= 0.3 is 159 Å². The molecule has 0 fully saturated rings. The summed E-state index contributed by atoms with van der Waals surface area (Å²) in [6, 6.07) is 0. The summed E-state index contributed by atoms with van der Waals surface area (Å²) in [6.07, 6.45) is 0. The van der Waals surface area contributed by atoms with E-state index in [0.29, 0.717) is 0 Å². The predicted molar refractivity (Wildman–Crippen MR) is 16.3 cm³/mol. The van der Waals surface area contributed by atoms with Crippen LogP contribution in [0.2, 0.25) is 0 Å². The minimum atomic E-state index is 0. The van der Waals surface area contributed by atoms with E-state index < -0.39 is 0 Å². The summed E-state index contributed by atoms with van der Waals surface area (Å²) in [5.41, 5.74) is 0. The summed E-state index contributed by atoms with van der Waals surface area (Å²) in [7, 11) is 0. The average molecular weight is 509 g/mol. The minimum absolute atomic E-state index is 0. The van der Waals surface area contributed by atoms with Crippen LogP contribution in [0.4, 0.5) is 0 Å². The molecule has 0 atom stereocenters. The SMILES string of the molecule is [Fe+3].[Fe+3].[Mn+2].[Mn+2].[O-2].[O-2].[O-2].[O-2].[O-2].[O-2].[O-2].[Sr+2].[Sr+2]. The Morgan fingerprint density at radius 3 is 0.308 bits per heavy atom. The molecule has 0 saturated carbocycles. The van der Waals surface area contributed by atoms with Crippen molar-refractivity contribution in [1.29, 1.82) is 0 Å². The molecule has 7 nitrogen and oxygen atoms in total. The number of rotatable bonds is 0. The fourth-order valence-electron chi connectivity index (χ4n) is 0. The molecule has 0 unspecified atom stereocenters. The zero-order chi connectivity index (χ0) is 0. The van der Waals surface area contributed by atoms with E-state index in [4.69, 9.17) is 0 Å². The van der Waals surface area contributed by atoms with Gasteiger partial charge in [-0.3, -0.25) is 0 Å². The normalized spacial score (nSPS) is 0. The third kappa shape index (κ3) is 161. The van der Waals surface area contributed by atoms with Gasteiger partial charge in [0.15, 0.2) is 0 Å². The van der Waals surface area contributed by atoms with Gasteiger partial charge in [0.1, 0.15) is 0 Å². The predicted octanol–water partition coefficient (Wildman–Crippen LogP) is -1.60. The van der Waals surface area contributed by atoms with Crippen LogP contribution >= 0.6 is 0 Å². The van der Waals surface area contributed by atoms with Crippen molar-refractivity contribution in [2.75, 3.05) is 0 Å². The molecule has 0 aromatic heterocycles. The third-order valence-electron chi connectivity index (χ3n) is 0. The molecule has 0 aromatic rings. The molecule has 0 aliphatic rings. The molecule has 0 saturated heterocycles. The Bertz CT molecular complexity index is 22.5. The van der Waals surface area contributed by atoms with Crippen LogP contribution in [0.15, 0.2) is 0 Å². The molecular weight excluding hydrogens is 509 g/mol. The van der Waals surface area contributed by atoms with Crippen molar-refractivity contribution in [2.24, 2.45) is 0 Å². The van der Waals surface area contributed by atoms with Crippen LogP contribution in [0.1, 0.15) is 0 Å². The van der Waals surface area contributed by atoms with Crippen LogP contribution in [-0.2, 0) is 107 Å². The molecule has 0 amide bonds. The standard InChI is InChI=1S/2Fe.2Mn.7O.2Sr/q2*+3;2*+2;7*-2;2*+2. The summed E-state index contributed by atoms with van der Waals surface area (Å²) in [6.45, 7) is 0. The van der Waals surface area contributed by atoms with Gasteiger partial charge in [-0.15, -0.1) is 0 Å². The molecule has 76 valence electrons. The van der Waals surface area contributed by atoms with Crippen LogP contribution < -0.4 is 0 Å². The van der Waals surface area contributed by atoms with E-state index in [1.807, 2.05) is 0 Å². The molecule has 0 bridgehead atoms. The van der Waals surface area contributed by atoms with Gasteiger partial charge in [0.05, 0.1) is 0 Å². The summed E-state index contributed by atoms with van der Waals surface area (Å²) in [4.78, 5) is 0. The first-order chi connectivity index (χ1) is 0. The van der Waals surface area contributed by atoms with E-state index >= 15 is 0 Å². The van der Waals surface area contributed by atoms with Gasteiger partial charge in [-0.05, 0) is 0 Å². The van der Waals surface area contributed by atoms with E-state index in [0.717, 1.165) is 0 Å². The Hall–Kier alpha value is 4.76. The molecular formula is Fe2Mn2O7Sr2. The van der Waals surface area contributed by atoms with Crippen LogP contribution in [0.5, 0.6) is 0 Å². The van der Waals surface area contributed by atoms with Crippen molar-refractivity contribution in [3.63, 3.8) is 0 Å². The van der Waals surface area contributed by atoms with E-state index in [1.54, 1.807) is 0 Å². The smallest absolute Gasteiger partial charge is 2.00 e. The Morgan fingerprint density at radius 2 is 0.308 bits per heavy atom. The van der Waals surface area contributed by atoms with E-state index in [-0.39, 0.29) is 198 Å². The van der Waals surface area contributed by atoms with Crippen LogP contribution in [-0.4, -0.2) is 91.0 Å². The minimum Gasteiger partial charge on any atom is -2.00 e. The molecule has 0 aromatic carbocycles. The molecule has 4 radical (unpaired) electrons. The molecule has 0 heterocycles. The van der Waals surface area contributed by atoms with Gasteiger partial charge in [-0.1, -0.05) is 0 Å². The fraction of sp³-hybridized carbons (Fsp3) is 0. The number of hydrogen-bond acceptors (Lipinski definition) is 0. The topological polar surface area (TPSA) is 200 Å². The third-order valence-corrected chi connectivity index (χ3v) is 0. The van der Waals surface area contributed by atoms with Crippen molar-refractivity contribution in [3.8, 4) is 0 Å². The first kappa shape index (κ1) is 220. The molecule has 0 N–H and O–H groups in total. The molecule has 0 spiro atoms. The van der Waals surface area contributed by atoms with E-state index in [9.17, 15) is 0 Å². The quantitative estimate of drug-likeness (QED) is 0.339. The van der Waals surface area contributed by atoms with Gasteiger partial charge in [-0.2, -0.15) is 0 Å². The molecule has 13 heteroatoms. The summed E-state index contributed by atoms with van der Waals surface area (Å²) in [5, 5.41) is 0. The molecule has 0 aliphatic carbocycles. The van der Waals surface area contributed by atoms with Gasteiger partial charge in [0.2, 0.25) is 0 Å². The average Bonchev–Trinajstić information content (AvgIpc) is 0. The second-order valence-corrected chi connectivity index (χ2v) is 0. The zero-order valence-electron chi connectivity index (χ0n) is 5.73. The maximum atomic E-state index is 0. The van der Waals surface area contributed by atoms with Crippen LogP contribution in [0.25, 0.3) is 0 Å². The van der Waals surface area contributed by atoms with Crippen molar-refractivity contribution >= 4 is 91.0 Å². The molecule has 0 rings (SSSR count). The van der Waals surface area contributed by atoms with E-state index in [1.165, 1.54) is 0 Å². The Morgan fingerprint density at radius 1 is 0.308 bits per heavy atom. The van der Waals surface area contributed by atoms with Crippen molar-refractivity contribution in [1.82, 2.24) is 0 Å². The summed E-state index contributed by atoms with van der Waals surface area (Å²) >= 11 is 0. The summed E-state index contributed by atoms with van der Waals surface area (Å²) in [5.74, 6) is 0. The van der Waals surface area contributed by atoms with Gasteiger partial charge < -0.3 is 38.3 Å². The van der Waals surface area contributed by atoms with Gasteiger partial charge in [-0.25, -0.2) is 0 Å². The van der Waals surface area contributed by atoms with Gasteiger partial charge in [0.25, 0.3) is 0 Å². The maximum absolute atomic E-state index is 0.